The van der Waals surface area contributed by atoms with Gasteiger partial charge in [0, 0.05) is 18.2 Å². The van der Waals surface area contributed by atoms with Crippen LogP contribution in [0.25, 0.3) is 0 Å². The molecule has 1 aliphatic carbocycles. The maximum atomic E-state index is 13.6. The molecule has 0 heterocycles. The van der Waals surface area contributed by atoms with E-state index in [1.54, 1.807) is 6.07 Å². The summed E-state index contributed by atoms with van der Waals surface area (Å²) in [5, 5.41) is 3.53. The summed E-state index contributed by atoms with van der Waals surface area (Å²) in [7, 11) is 0. The lowest BCUT2D eigenvalue weighted by Gasteiger charge is -2.39. The van der Waals surface area contributed by atoms with Crippen molar-refractivity contribution in [3.63, 3.8) is 0 Å². The van der Waals surface area contributed by atoms with Crippen molar-refractivity contribution in [3.05, 3.63) is 35.6 Å². The van der Waals surface area contributed by atoms with Crippen molar-refractivity contribution < 1.29 is 4.39 Å². The lowest BCUT2D eigenvalue weighted by atomic mass is 9.69. The van der Waals surface area contributed by atoms with Crippen LogP contribution in [0.1, 0.15) is 58.4 Å². The normalized spacial score (nSPS) is 23.8. The molecule has 112 valence electrons. The van der Waals surface area contributed by atoms with Crippen LogP contribution in [0.3, 0.4) is 0 Å². The first kappa shape index (κ1) is 15.5. The van der Waals surface area contributed by atoms with Crippen LogP contribution < -0.4 is 5.32 Å². The summed E-state index contributed by atoms with van der Waals surface area (Å²) >= 11 is 0. The second kappa shape index (κ2) is 6.71. The molecule has 0 spiro atoms. The highest BCUT2D eigenvalue weighted by atomic mass is 19.1. The minimum absolute atomic E-state index is 0.0965. The third-order valence-electron chi connectivity index (χ3n) is 5.28. The lowest BCUT2D eigenvalue weighted by Crippen LogP contribution is -2.36. The minimum atomic E-state index is -0.0965. The van der Waals surface area contributed by atoms with E-state index in [-0.39, 0.29) is 5.82 Å². The Balaban J connectivity index is 1.79. The zero-order chi connectivity index (χ0) is 14.6. The van der Waals surface area contributed by atoms with Crippen LogP contribution in [0, 0.1) is 17.2 Å². The molecule has 0 unspecified atom stereocenters. The molecule has 0 radical (unpaired) electrons. The summed E-state index contributed by atoms with van der Waals surface area (Å²) in [6.07, 6.45) is 6.31. The van der Waals surface area contributed by atoms with Gasteiger partial charge in [0.15, 0.2) is 0 Å². The maximum absolute atomic E-state index is 13.6. The van der Waals surface area contributed by atoms with Crippen molar-refractivity contribution in [1.82, 2.24) is 5.32 Å². The van der Waals surface area contributed by atoms with E-state index >= 15 is 0 Å². The van der Waals surface area contributed by atoms with Gasteiger partial charge in [0.1, 0.15) is 5.82 Å². The predicted molar refractivity (Wildman–Crippen MR) is 83.1 cm³/mol. The molecule has 0 atom stereocenters. The second-order valence-corrected chi connectivity index (χ2v) is 6.86. The van der Waals surface area contributed by atoms with Gasteiger partial charge in [-0.3, -0.25) is 0 Å². The first-order valence-electron chi connectivity index (χ1n) is 7.99. The Morgan fingerprint density at radius 3 is 2.40 bits per heavy atom. The molecule has 1 aliphatic rings. The van der Waals surface area contributed by atoms with Gasteiger partial charge in [-0.25, -0.2) is 4.39 Å². The summed E-state index contributed by atoms with van der Waals surface area (Å²) in [6.45, 7) is 7.73. The van der Waals surface area contributed by atoms with E-state index in [2.05, 4.69) is 26.1 Å². The molecule has 1 nitrogen and oxygen atoms in total. The molecule has 0 bridgehead atoms. The summed E-state index contributed by atoms with van der Waals surface area (Å²) in [5.74, 6) is 0.750. The Labute approximate surface area is 123 Å². The molecule has 0 saturated heterocycles. The number of halogens is 1. The fourth-order valence-electron chi connectivity index (χ4n) is 3.26. The number of nitrogens with one attached hydrogen (secondary N) is 1. The molecular formula is C18H28FN. The number of hydrogen-bond donors (Lipinski definition) is 1. The van der Waals surface area contributed by atoms with Crippen LogP contribution in [0.4, 0.5) is 4.39 Å². The fraction of sp³-hybridized carbons (Fsp3) is 0.667. The van der Waals surface area contributed by atoms with Crippen molar-refractivity contribution in [2.24, 2.45) is 11.3 Å². The van der Waals surface area contributed by atoms with Gasteiger partial charge < -0.3 is 5.32 Å². The maximum Gasteiger partial charge on any atom is 0.127 e. The van der Waals surface area contributed by atoms with Crippen LogP contribution in [-0.2, 0) is 6.54 Å². The molecule has 1 saturated carbocycles. The third kappa shape index (κ3) is 3.82. The predicted octanol–water partition coefficient (Wildman–Crippen LogP) is 4.91. The Bertz CT molecular complexity index is 419. The van der Waals surface area contributed by atoms with Gasteiger partial charge in [-0.05, 0) is 43.1 Å². The number of hydrogen-bond acceptors (Lipinski definition) is 1. The van der Waals surface area contributed by atoms with Crippen LogP contribution >= 0.6 is 0 Å². The largest absolute Gasteiger partial charge is 0.310 e. The summed E-state index contributed by atoms with van der Waals surface area (Å²) in [5.41, 5.74) is 1.25. The van der Waals surface area contributed by atoms with Gasteiger partial charge >= 0.3 is 0 Å². The molecule has 2 heteroatoms. The van der Waals surface area contributed by atoms with Crippen LogP contribution in [0.15, 0.2) is 24.3 Å². The SMILES string of the molecule is CCC(C)(C)C1CCC(NCc2ccccc2F)CC1. The molecule has 1 fully saturated rings. The zero-order valence-electron chi connectivity index (χ0n) is 13.1. The topological polar surface area (TPSA) is 12.0 Å². The average Bonchev–Trinajstić information content (AvgIpc) is 2.47. The van der Waals surface area contributed by atoms with Gasteiger partial charge in [0.05, 0.1) is 0 Å². The number of rotatable bonds is 5. The Morgan fingerprint density at radius 1 is 1.15 bits per heavy atom. The third-order valence-corrected chi connectivity index (χ3v) is 5.28. The van der Waals surface area contributed by atoms with E-state index in [0.717, 1.165) is 11.5 Å². The van der Waals surface area contributed by atoms with E-state index in [9.17, 15) is 4.39 Å². The van der Waals surface area contributed by atoms with E-state index in [4.69, 9.17) is 0 Å². The van der Waals surface area contributed by atoms with E-state index < -0.39 is 0 Å². The smallest absolute Gasteiger partial charge is 0.127 e. The van der Waals surface area contributed by atoms with Crippen molar-refractivity contribution in [1.29, 1.82) is 0 Å². The number of benzene rings is 1. The zero-order valence-corrected chi connectivity index (χ0v) is 13.1. The molecular weight excluding hydrogens is 249 g/mol. The standard InChI is InChI=1S/C18H28FN/c1-4-18(2,3)15-9-11-16(12-10-15)20-13-14-7-5-6-8-17(14)19/h5-8,15-16,20H,4,9-13H2,1-3H3. The van der Waals surface area contributed by atoms with Gasteiger partial charge in [0.2, 0.25) is 0 Å². The van der Waals surface area contributed by atoms with E-state index in [0.29, 0.717) is 18.0 Å². The molecule has 0 aliphatic heterocycles. The molecule has 1 N–H and O–H groups in total. The van der Waals surface area contributed by atoms with Gasteiger partial charge in [-0.2, -0.15) is 0 Å². The summed E-state index contributed by atoms with van der Waals surface area (Å²) < 4.78 is 13.6. The first-order valence-corrected chi connectivity index (χ1v) is 7.99. The molecule has 20 heavy (non-hydrogen) atoms. The van der Waals surface area contributed by atoms with Gasteiger partial charge in [0.25, 0.3) is 0 Å². The highest BCUT2D eigenvalue weighted by molar-refractivity contribution is 5.17. The van der Waals surface area contributed by atoms with Crippen molar-refractivity contribution in [2.45, 2.75) is 65.5 Å². The Morgan fingerprint density at radius 2 is 1.80 bits per heavy atom. The molecule has 0 amide bonds. The van der Waals surface area contributed by atoms with Crippen molar-refractivity contribution in [2.75, 3.05) is 0 Å². The van der Waals surface area contributed by atoms with Crippen LogP contribution in [-0.4, -0.2) is 6.04 Å². The molecule has 1 aromatic rings. The first-order chi connectivity index (χ1) is 9.53. The van der Waals surface area contributed by atoms with Gasteiger partial charge in [-0.1, -0.05) is 45.4 Å². The summed E-state index contributed by atoms with van der Waals surface area (Å²) in [6, 6.07) is 7.61. The quantitative estimate of drug-likeness (QED) is 0.806. The summed E-state index contributed by atoms with van der Waals surface area (Å²) in [4.78, 5) is 0. The highest BCUT2D eigenvalue weighted by Crippen LogP contribution is 2.40. The monoisotopic (exact) mass is 277 g/mol. The Hall–Kier alpha value is -0.890. The second-order valence-electron chi connectivity index (χ2n) is 6.86. The highest BCUT2D eigenvalue weighted by Gasteiger charge is 2.31. The lowest BCUT2D eigenvalue weighted by molar-refractivity contribution is 0.136. The van der Waals surface area contributed by atoms with Gasteiger partial charge in [-0.15, -0.1) is 0 Å². The molecule has 1 aromatic carbocycles. The van der Waals surface area contributed by atoms with Crippen LogP contribution in [0.5, 0.6) is 0 Å². The van der Waals surface area contributed by atoms with Crippen LogP contribution in [0.2, 0.25) is 0 Å². The Kier molecular flexibility index (Phi) is 5.20. The van der Waals surface area contributed by atoms with Crippen molar-refractivity contribution in [3.8, 4) is 0 Å². The van der Waals surface area contributed by atoms with E-state index in [1.165, 1.54) is 38.2 Å². The minimum Gasteiger partial charge on any atom is -0.310 e. The molecule has 2 rings (SSSR count). The van der Waals surface area contributed by atoms with Crippen molar-refractivity contribution >= 4 is 0 Å². The fourth-order valence-corrected chi connectivity index (χ4v) is 3.26. The average molecular weight is 277 g/mol. The molecule has 0 aromatic heterocycles. The van der Waals surface area contributed by atoms with E-state index in [1.807, 2.05) is 12.1 Å².